The van der Waals surface area contributed by atoms with Crippen molar-refractivity contribution in [2.45, 2.75) is 39.0 Å². The zero-order valence-corrected chi connectivity index (χ0v) is 13.6. The highest BCUT2D eigenvalue weighted by Crippen LogP contribution is 2.49. The molecule has 120 valence electrons. The second-order valence-corrected chi connectivity index (χ2v) is 6.71. The van der Waals surface area contributed by atoms with Crippen LogP contribution in [-0.4, -0.2) is 20.1 Å². The number of anilines is 1. The van der Waals surface area contributed by atoms with E-state index in [1.54, 1.807) is 14.2 Å². The lowest BCUT2D eigenvalue weighted by Crippen LogP contribution is -2.20. The van der Waals surface area contributed by atoms with Crippen molar-refractivity contribution in [2.24, 2.45) is 17.8 Å². The number of rotatable bonds is 5. The van der Waals surface area contributed by atoms with Gasteiger partial charge in [-0.3, -0.25) is 4.79 Å². The van der Waals surface area contributed by atoms with E-state index in [0.29, 0.717) is 23.8 Å². The second-order valence-electron chi connectivity index (χ2n) is 6.71. The van der Waals surface area contributed by atoms with E-state index < -0.39 is 0 Å². The molecule has 3 rings (SSSR count). The Morgan fingerprint density at radius 2 is 1.91 bits per heavy atom. The number of hydrogen-bond donors (Lipinski definition) is 1. The van der Waals surface area contributed by atoms with Crippen LogP contribution in [0.1, 0.15) is 37.7 Å². The van der Waals surface area contributed by atoms with Crippen molar-refractivity contribution >= 4 is 11.6 Å². The number of carbonyl (C=O) groups is 1. The van der Waals surface area contributed by atoms with Crippen LogP contribution in [0.5, 0.6) is 11.5 Å². The van der Waals surface area contributed by atoms with Crippen LogP contribution >= 0.6 is 0 Å². The first-order valence-electron chi connectivity index (χ1n) is 8.13. The van der Waals surface area contributed by atoms with E-state index in [9.17, 15) is 4.79 Å². The van der Waals surface area contributed by atoms with Gasteiger partial charge in [0, 0.05) is 18.2 Å². The summed E-state index contributed by atoms with van der Waals surface area (Å²) in [4.78, 5) is 12.4. The standard InChI is InChI=1S/C18H25NO3/c1-11-6-16(21-2)17(22-3)10-15(11)19-18(20)9-14-8-12-4-5-13(14)7-12/h6,10,12-14H,4-5,7-9H2,1-3H3,(H,19,20). The van der Waals surface area contributed by atoms with E-state index in [-0.39, 0.29) is 5.91 Å². The van der Waals surface area contributed by atoms with Crippen molar-refractivity contribution in [1.82, 2.24) is 0 Å². The molecule has 1 amide bonds. The number of methoxy groups -OCH3 is 2. The van der Waals surface area contributed by atoms with E-state index in [1.807, 2.05) is 19.1 Å². The molecular formula is C18H25NO3. The molecule has 4 nitrogen and oxygen atoms in total. The summed E-state index contributed by atoms with van der Waals surface area (Å²) >= 11 is 0. The van der Waals surface area contributed by atoms with Crippen molar-refractivity contribution in [2.75, 3.05) is 19.5 Å². The van der Waals surface area contributed by atoms with Gasteiger partial charge in [0.2, 0.25) is 5.91 Å². The molecule has 3 unspecified atom stereocenters. The van der Waals surface area contributed by atoms with Gasteiger partial charge < -0.3 is 14.8 Å². The number of amides is 1. The number of carbonyl (C=O) groups excluding carboxylic acids is 1. The van der Waals surface area contributed by atoms with Crippen LogP contribution in [-0.2, 0) is 4.79 Å². The van der Waals surface area contributed by atoms with Gasteiger partial charge in [-0.1, -0.05) is 6.42 Å². The van der Waals surface area contributed by atoms with Crippen LogP contribution in [0, 0.1) is 24.7 Å². The molecule has 0 heterocycles. The minimum absolute atomic E-state index is 0.118. The van der Waals surface area contributed by atoms with E-state index in [4.69, 9.17) is 9.47 Å². The first-order chi connectivity index (χ1) is 10.6. The van der Waals surface area contributed by atoms with Gasteiger partial charge in [0.15, 0.2) is 11.5 Å². The Kier molecular flexibility index (Phi) is 4.27. The number of nitrogens with one attached hydrogen (secondary N) is 1. The minimum atomic E-state index is 0.118. The summed E-state index contributed by atoms with van der Waals surface area (Å²) in [6.07, 6.45) is 5.92. The third-order valence-corrected chi connectivity index (χ3v) is 5.34. The predicted octanol–water partition coefficient (Wildman–Crippen LogP) is 3.78. The van der Waals surface area contributed by atoms with Crippen LogP contribution in [0.4, 0.5) is 5.69 Å². The molecule has 0 saturated heterocycles. The van der Waals surface area contributed by atoms with Crippen LogP contribution in [0.2, 0.25) is 0 Å². The fraction of sp³-hybridized carbons (Fsp3) is 0.611. The maximum atomic E-state index is 12.4. The summed E-state index contributed by atoms with van der Waals surface area (Å²) in [5.74, 6) is 3.69. The van der Waals surface area contributed by atoms with E-state index in [2.05, 4.69) is 5.32 Å². The Balaban J connectivity index is 1.66. The Labute approximate surface area is 132 Å². The summed E-state index contributed by atoms with van der Waals surface area (Å²) in [7, 11) is 3.22. The summed E-state index contributed by atoms with van der Waals surface area (Å²) in [5, 5.41) is 3.05. The lowest BCUT2D eigenvalue weighted by Gasteiger charge is -2.21. The van der Waals surface area contributed by atoms with E-state index >= 15 is 0 Å². The van der Waals surface area contributed by atoms with Gasteiger partial charge in [-0.05, 0) is 55.6 Å². The van der Waals surface area contributed by atoms with Crippen molar-refractivity contribution in [3.05, 3.63) is 17.7 Å². The van der Waals surface area contributed by atoms with Gasteiger partial charge in [-0.15, -0.1) is 0 Å². The second kappa shape index (κ2) is 6.19. The summed E-state index contributed by atoms with van der Waals surface area (Å²) in [5.41, 5.74) is 1.80. The maximum absolute atomic E-state index is 12.4. The monoisotopic (exact) mass is 303 g/mol. The molecule has 2 aliphatic rings. The Morgan fingerprint density at radius 1 is 1.18 bits per heavy atom. The number of hydrogen-bond acceptors (Lipinski definition) is 3. The van der Waals surface area contributed by atoms with Crippen LogP contribution in [0.25, 0.3) is 0 Å². The third kappa shape index (κ3) is 2.92. The van der Waals surface area contributed by atoms with Gasteiger partial charge >= 0.3 is 0 Å². The summed E-state index contributed by atoms with van der Waals surface area (Å²) in [6.45, 7) is 1.97. The largest absolute Gasteiger partial charge is 0.493 e. The van der Waals surface area contributed by atoms with Gasteiger partial charge in [-0.2, -0.15) is 0 Å². The highest BCUT2D eigenvalue weighted by atomic mass is 16.5. The highest BCUT2D eigenvalue weighted by molar-refractivity contribution is 5.92. The van der Waals surface area contributed by atoms with Crippen molar-refractivity contribution in [3.8, 4) is 11.5 Å². The number of benzene rings is 1. The van der Waals surface area contributed by atoms with E-state index in [1.165, 1.54) is 25.7 Å². The van der Waals surface area contributed by atoms with Crippen molar-refractivity contribution in [1.29, 1.82) is 0 Å². The summed E-state index contributed by atoms with van der Waals surface area (Å²) in [6, 6.07) is 3.73. The zero-order valence-electron chi connectivity index (χ0n) is 13.6. The third-order valence-electron chi connectivity index (χ3n) is 5.34. The van der Waals surface area contributed by atoms with Gasteiger partial charge in [0.05, 0.1) is 14.2 Å². The van der Waals surface area contributed by atoms with Crippen molar-refractivity contribution < 1.29 is 14.3 Å². The van der Waals surface area contributed by atoms with E-state index in [0.717, 1.165) is 23.1 Å². The predicted molar refractivity (Wildman–Crippen MR) is 86.5 cm³/mol. The Morgan fingerprint density at radius 3 is 2.50 bits per heavy atom. The molecule has 0 aromatic heterocycles. The lowest BCUT2D eigenvalue weighted by atomic mass is 9.86. The van der Waals surface area contributed by atoms with Crippen LogP contribution in [0.3, 0.4) is 0 Å². The molecule has 1 aromatic carbocycles. The van der Waals surface area contributed by atoms with Gasteiger partial charge in [-0.25, -0.2) is 0 Å². The molecule has 2 bridgehead atoms. The molecule has 2 saturated carbocycles. The molecule has 1 N–H and O–H groups in total. The Bertz CT molecular complexity index is 570. The van der Waals surface area contributed by atoms with Gasteiger partial charge in [0.1, 0.15) is 0 Å². The molecule has 0 aliphatic heterocycles. The first-order valence-corrected chi connectivity index (χ1v) is 8.13. The fourth-order valence-electron chi connectivity index (χ4n) is 4.18. The zero-order chi connectivity index (χ0) is 15.7. The summed E-state index contributed by atoms with van der Waals surface area (Å²) < 4.78 is 10.6. The van der Waals surface area contributed by atoms with Gasteiger partial charge in [0.25, 0.3) is 0 Å². The molecule has 2 fully saturated rings. The molecule has 1 aromatic rings. The molecule has 3 atom stereocenters. The normalized spacial score (nSPS) is 26.0. The van der Waals surface area contributed by atoms with Crippen molar-refractivity contribution in [3.63, 3.8) is 0 Å². The number of fused-ring (bicyclic) bond motifs is 2. The maximum Gasteiger partial charge on any atom is 0.224 e. The van der Waals surface area contributed by atoms with Crippen LogP contribution < -0.4 is 14.8 Å². The number of ether oxygens (including phenoxy) is 2. The molecular weight excluding hydrogens is 278 g/mol. The molecule has 2 aliphatic carbocycles. The molecule has 0 radical (unpaired) electrons. The SMILES string of the molecule is COc1cc(C)c(NC(=O)CC2CC3CCC2C3)cc1OC. The smallest absolute Gasteiger partial charge is 0.224 e. The topological polar surface area (TPSA) is 47.6 Å². The molecule has 22 heavy (non-hydrogen) atoms. The van der Waals surface area contributed by atoms with Crippen LogP contribution in [0.15, 0.2) is 12.1 Å². The first kappa shape index (κ1) is 15.2. The average Bonchev–Trinajstić information content (AvgIpc) is 3.11. The average molecular weight is 303 g/mol. The highest BCUT2D eigenvalue weighted by Gasteiger charge is 2.40. The lowest BCUT2D eigenvalue weighted by molar-refractivity contribution is -0.117. The molecule has 4 heteroatoms. The number of aryl methyl sites for hydroxylation is 1. The minimum Gasteiger partial charge on any atom is -0.493 e. The quantitative estimate of drug-likeness (QED) is 0.900. The molecule has 0 spiro atoms. The fourth-order valence-corrected chi connectivity index (χ4v) is 4.18. The Hall–Kier alpha value is -1.71.